The van der Waals surface area contributed by atoms with Gasteiger partial charge in [0.1, 0.15) is 0 Å². The Balaban J connectivity index is 1.23. The average molecular weight is 440 g/mol. The zero-order valence-corrected chi connectivity index (χ0v) is 17.7. The topological polar surface area (TPSA) is 94.9 Å². The van der Waals surface area contributed by atoms with Crippen LogP contribution < -0.4 is 0 Å². The minimum absolute atomic E-state index is 0.589. The Morgan fingerprint density at radius 1 is 0.875 bits per heavy atom. The molecule has 0 aliphatic carbocycles. The van der Waals surface area contributed by atoms with E-state index in [0.717, 1.165) is 50.2 Å². The number of aryl methyl sites for hydroxylation is 1. The molecule has 0 fully saturated rings. The molecular formula is C23H17N7OS. The van der Waals surface area contributed by atoms with Crippen molar-refractivity contribution in [2.75, 3.05) is 5.75 Å². The molecular weight excluding hydrogens is 422 g/mol. The van der Waals surface area contributed by atoms with Crippen LogP contribution in [0.3, 0.4) is 0 Å². The monoisotopic (exact) mass is 439 g/mol. The minimum Gasteiger partial charge on any atom is -0.339 e. The molecule has 0 unspecified atom stereocenters. The molecule has 0 amide bonds. The molecule has 0 aliphatic rings. The molecule has 0 spiro atoms. The highest BCUT2D eigenvalue weighted by atomic mass is 32.2. The molecule has 0 radical (unpaired) electrons. The number of rotatable bonds is 6. The van der Waals surface area contributed by atoms with Gasteiger partial charge in [0.25, 0.3) is 0 Å². The van der Waals surface area contributed by atoms with Crippen LogP contribution in [0.5, 0.6) is 0 Å². The van der Waals surface area contributed by atoms with Crippen molar-refractivity contribution >= 4 is 39.1 Å². The van der Waals surface area contributed by atoms with Crippen LogP contribution in [0.25, 0.3) is 38.7 Å². The van der Waals surface area contributed by atoms with E-state index in [-0.39, 0.29) is 0 Å². The number of thioether (sulfide) groups is 1. The van der Waals surface area contributed by atoms with E-state index in [9.17, 15) is 0 Å². The van der Waals surface area contributed by atoms with Gasteiger partial charge in [0.15, 0.2) is 10.8 Å². The van der Waals surface area contributed by atoms with Crippen LogP contribution in [0.15, 0.2) is 76.9 Å². The molecule has 0 saturated heterocycles. The Morgan fingerprint density at radius 2 is 1.75 bits per heavy atom. The molecule has 32 heavy (non-hydrogen) atoms. The average Bonchev–Trinajstić information content (AvgIpc) is 3.50. The fourth-order valence-electron chi connectivity index (χ4n) is 3.82. The van der Waals surface area contributed by atoms with Gasteiger partial charge in [-0.25, -0.2) is 0 Å². The Labute approximate surface area is 186 Å². The highest BCUT2D eigenvalue weighted by molar-refractivity contribution is 7.99. The second-order valence-electron chi connectivity index (χ2n) is 7.28. The Bertz CT molecular complexity index is 1540. The normalized spacial score (nSPS) is 11.6. The SMILES string of the molecule is c1ccc2c(c1)c1cnccc1c1nnc(SCCCc3nc(-c4ccncc4)no3)n21. The number of nitrogens with zero attached hydrogens (tertiary/aromatic N) is 7. The van der Waals surface area contributed by atoms with Gasteiger partial charge in [0, 0.05) is 58.7 Å². The molecule has 6 aromatic rings. The van der Waals surface area contributed by atoms with Crippen LogP contribution >= 0.6 is 11.8 Å². The third-order valence-corrected chi connectivity index (χ3v) is 6.32. The predicted molar refractivity (Wildman–Crippen MR) is 122 cm³/mol. The molecule has 0 bridgehead atoms. The largest absolute Gasteiger partial charge is 0.339 e. The Hall–Kier alpha value is -3.85. The summed E-state index contributed by atoms with van der Waals surface area (Å²) >= 11 is 1.68. The van der Waals surface area contributed by atoms with Crippen molar-refractivity contribution in [2.45, 2.75) is 18.0 Å². The molecule has 0 N–H and O–H groups in total. The van der Waals surface area contributed by atoms with Crippen LogP contribution in [0.4, 0.5) is 0 Å². The summed E-state index contributed by atoms with van der Waals surface area (Å²) < 4.78 is 7.54. The lowest BCUT2D eigenvalue weighted by Crippen LogP contribution is -1.95. The van der Waals surface area contributed by atoms with Crippen molar-refractivity contribution in [3.05, 3.63) is 73.1 Å². The van der Waals surface area contributed by atoms with E-state index in [1.165, 1.54) is 0 Å². The summed E-state index contributed by atoms with van der Waals surface area (Å²) in [6.07, 6.45) is 8.71. The third kappa shape index (κ3) is 3.27. The van der Waals surface area contributed by atoms with Crippen molar-refractivity contribution < 1.29 is 4.52 Å². The second-order valence-corrected chi connectivity index (χ2v) is 8.34. The van der Waals surface area contributed by atoms with E-state index in [1.54, 1.807) is 30.4 Å². The maximum Gasteiger partial charge on any atom is 0.226 e. The van der Waals surface area contributed by atoms with Gasteiger partial charge in [-0.2, -0.15) is 4.98 Å². The first kappa shape index (κ1) is 18.9. The van der Waals surface area contributed by atoms with Crippen LogP contribution in [-0.2, 0) is 6.42 Å². The molecule has 1 aromatic carbocycles. The quantitative estimate of drug-likeness (QED) is 0.211. The van der Waals surface area contributed by atoms with E-state index in [1.807, 2.05) is 36.5 Å². The lowest BCUT2D eigenvalue weighted by Gasteiger charge is -2.08. The first-order chi connectivity index (χ1) is 15.9. The number of para-hydroxylation sites is 1. The van der Waals surface area contributed by atoms with Crippen LogP contribution in [-0.4, -0.2) is 40.5 Å². The van der Waals surface area contributed by atoms with Crippen molar-refractivity contribution in [2.24, 2.45) is 0 Å². The highest BCUT2D eigenvalue weighted by Crippen LogP contribution is 2.31. The maximum absolute atomic E-state index is 5.40. The van der Waals surface area contributed by atoms with Crippen molar-refractivity contribution in [1.82, 2.24) is 34.7 Å². The summed E-state index contributed by atoms with van der Waals surface area (Å²) in [6, 6.07) is 14.0. The van der Waals surface area contributed by atoms with E-state index in [4.69, 9.17) is 4.52 Å². The molecule has 0 atom stereocenters. The number of aromatic nitrogens is 7. The van der Waals surface area contributed by atoms with E-state index >= 15 is 0 Å². The second kappa shape index (κ2) is 8.01. The lowest BCUT2D eigenvalue weighted by atomic mass is 10.1. The highest BCUT2D eigenvalue weighted by Gasteiger charge is 2.15. The molecule has 8 nitrogen and oxygen atoms in total. The van der Waals surface area contributed by atoms with Gasteiger partial charge in [0.2, 0.25) is 11.7 Å². The van der Waals surface area contributed by atoms with Crippen molar-refractivity contribution in [3.63, 3.8) is 0 Å². The Morgan fingerprint density at radius 3 is 2.69 bits per heavy atom. The molecule has 5 aromatic heterocycles. The first-order valence-corrected chi connectivity index (χ1v) is 11.2. The first-order valence-electron chi connectivity index (χ1n) is 10.2. The van der Waals surface area contributed by atoms with E-state index < -0.39 is 0 Å². The zero-order valence-electron chi connectivity index (χ0n) is 16.9. The fraction of sp³-hybridized carbons (Fsp3) is 0.130. The Kier molecular flexibility index (Phi) is 4.73. The van der Waals surface area contributed by atoms with Gasteiger partial charge in [-0.1, -0.05) is 35.1 Å². The van der Waals surface area contributed by atoms with Gasteiger partial charge >= 0.3 is 0 Å². The van der Waals surface area contributed by atoms with Crippen molar-refractivity contribution in [3.8, 4) is 11.4 Å². The number of hydrogen-bond donors (Lipinski definition) is 0. The van der Waals surface area contributed by atoms with Crippen molar-refractivity contribution in [1.29, 1.82) is 0 Å². The third-order valence-electron chi connectivity index (χ3n) is 5.30. The summed E-state index contributed by atoms with van der Waals surface area (Å²) in [5.41, 5.74) is 2.82. The molecule has 0 aliphatic heterocycles. The molecule has 5 heterocycles. The smallest absolute Gasteiger partial charge is 0.226 e. The standard InChI is InChI=1S/C23H17N7OS/c1-2-5-19-16(4-1)18-14-25-12-9-17(18)22-27-28-23(30(19)22)32-13-3-6-20-26-21(29-31-20)15-7-10-24-11-8-15/h1-2,4-5,7-12,14H,3,6,13H2. The van der Waals surface area contributed by atoms with E-state index in [2.05, 4.69) is 46.8 Å². The molecule has 156 valence electrons. The van der Waals surface area contributed by atoms with Crippen LogP contribution in [0.2, 0.25) is 0 Å². The number of benzene rings is 1. The summed E-state index contributed by atoms with van der Waals surface area (Å²) in [4.78, 5) is 12.8. The van der Waals surface area contributed by atoms with Gasteiger partial charge < -0.3 is 4.52 Å². The predicted octanol–water partition coefficient (Wildman–Crippen LogP) is 4.60. The van der Waals surface area contributed by atoms with Crippen LogP contribution in [0.1, 0.15) is 12.3 Å². The fourth-order valence-corrected chi connectivity index (χ4v) is 4.70. The van der Waals surface area contributed by atoms with Gasteiger partial charge in [0.05, 0.1) is 5.52 Å². The summed E-state index contributed by atoms with van der Waals surface area (Å²) in [5, 5.41) is 17.2. The summed E-state index contributed by atoms with van der Waals surface area (Å²) in [7, 11) is 0. The molecule has 6 rings (SSSR count). The molecule has 0 saturated carbocycles. The molecule has 9 heteroatoms. The number of hydrogen-bond acceptors (Lipinski definition) is 8. The summed E-state index contributed by atoms with van der Waals surface area (Å²) in [6.45, 7) is 0. The summed E-state index contributed by atoms with van der Waals surface area (Å²) in [5.74, 6) is 2.08. The van der Waals surface area contributed by atoms with Crippen LogP contribution in [0, 0.1) is 0 Å². The van der Waals surface area contributed by atoms with Gasteiger partial charge in [-0.3, -0.25) is 14.4 Å². The zero-order chi connectivity index (χ0) is 21.3. The lowest BCUT2D eigenvalue weighted by molar-refractivity contribution is 0.378. The minimum atomic E-state index is 0.589. The number of fused-ring (bicyclic) bond motifs is 6. The number of pyridine rings is 3. The van der Waals surface area contributed by atoms with Gasteiger partial charge in [-0.05, 0) is 30.7 Å². The van der Waals surface area contributed by atoms with Gasteiger partial charge in [-0.15, -0.1) is 10.2 Å². The van der Waals surface area contributed by atoms with E-state index in [0.29, 0.717) is 18.1 Å². The maximum atomic E-state index is 5.40.